The molecule has 2 aromatic heterocycles. The molecular weight excluding hydrogens is 587 g/mol. The summed E-state index contributed by atoms with van der Waals surface area (Å²) in [4.78, 5) is 17.5. The van der Waals surface area contributed by atoms with E-state index in [-0.39, 0.29) is 30.9 Å². The first kappa shape index (κ1) is 27.4. The zero-order valence-electron chi connectivity index (χ0n) is 20.9. The fourth-order valence-electron chi connectivity index (χ4n) is 5.38. The summed E-state index contributed by atoms with van der Waals surface area (Å²) >= 11 is 1.10. The Morgan fingerprint density at radius 3 is 2.49 bits per heavy atom. The first-order valence-electron chi connectivity index (χ1n) is 12.3. The van der Waals surface area contributed by atoms with Crippen molar-refractivity contribution >= 4 is 33.2 Å². The zero-order chi connectivity index (χ0) is 29.2. The Bertz CT molecular complexity index is 1800. The monoisotopic (exact) mass is 606 g/mol. The highest BCUT2D eigenvalue weighted by atomic mass is 32.2. The molecule has 1 aliphatic carbocycles. The molecule has 6 rings (SSSR count). The van der Waals surface area contributed by atoms with Crippen molar-refractivity contribution in [1.82, 2.24) is 19.1 Å². The Morgan fingerprint density at radius 1 is 1.07 bits per heavy atom. The molecule has 3 heterocycles. The third kappa shape index (κ3) is 4.59. The van der Waals surface area contributed by atoms with Crippen LogP contribution in [0.3, 0.4) is 0 Å². The van der Waals surface area contributed by atoms with Gasteiger partial charge in [0.05, 0.1) is 33.5 Å². The molecule has 14 heteroatoms. The number of benzene rings is 2. The Labute approximate surface area is 234 Å². The maximum absolute atomic E-state index is 14.3. The number of halogens is 5. The second kappa shape index (κ2) is 9.67. The highest BCUT2D eigenvalue weighted by molar-refractivity contribution is 7.89. The van der Waals surface area contributed by atoms with Gasteiger partial charge < -0.3 is 0 Å². The van der Waals surface area contributed by atoms with Crippen molar-refractivity contribution in [2.75, 3.05) is 13.1 Å². The molecule has 0 saturated carbocycles. The second-order valence-corrected chi connectivity index (χ2v) is 12.6. The van der Waals surface area contributed by atoms with Crippen LogP contribution in [0.1, 0.15) is 33.0 Å². The van der Waals surface area contributed by atoms with Crippen LogP contribution in [0.2, 0.25) is 0 Å². The number of alkyl halides is 3. The molecule has 1 fully saturated rings. The number of piperidine rings is 1. The second-order valence-electron chi connectivity index (χ2n) is 9.77. The van der Waals surface area contributed by atoms with Crippen molar-refractivity contribution in [3.05, 3.63) is 99.3 Å². The van der Waals surface area contributed by atoms with Crippen LogP contribution in [-0.4, -0.2) is 46.4 Å². The third-order valence-electron chi connectivity index (χ3n) is 7.40. The topological polar surface area (TPSA) is 85.2 Å². The van der Waals surface area contributed by atoms with E-state index in [4.69, 9.17) is 0 Å². The lowest BCUT2D eigenvalue weighted by atomic mass is 9.66. The SMILES string of the molecule is O=C(c1nccs1)[C@]12Cc3cnn(-c4ccc(F)cc4)c3C=C1CCN(S(=O)(=O)c1ccc(C(F)(F)F)c(F)c1)C2. The van der Waals surface area contributed by atoms with Crippen LogP contribution in [0.4, 0.5) is 22.0 Å². The third-order valence-corrected chi connectivity index (χ3v) is 10.0. The maximum Gasteiger partial charge on any atom is 0.419 e. The minimum absolute atomic E-state index is 0.0706. The Kier molecular flexibility index (Phi) is 6.47. The summed E-state index contributed by atoms with van der Waals surface area (Å²) in [7, 11) is -4.48. The van der Waals surface area contributed by atoms with Gasteiger partial charge in [-0.15, -0.1) is 11.3 Å². The lowest BCUT2D eigenvalue weighted by Crippen LogP contribution is -2.53. The number of thiazole rings is 1. The van der Waals surface area contributed by atoms with Crippen LogP contribution in [0.25, 0.3) is 11.8 Å². The van der Waals surface area contributed by atoms with Crippen molar-refractivity contribution in [1.29, 1.82) is 0 Å². The maximum atomic E-state index is 14.3. The normalized spacial score (nSPS) is 19.4. The van der Waals surface area contributed by atoms with Crippen LogP contribution < -0.4 is 0 Å². The van der Waals surface area contributed by atoms with Crippen molar-refractivity contribution in [2.45, 2.75) is 23.9 Å². The van der Waals surface area contributed by atoms with E-state index in [9.17, 15) is 35.2 Å². The molecule has 212 valence electrons. The molecule has 0 radical (unpaired) electrons. The van der Waals surface area contributed by atoms with Gasteiger partial charge in [-0.05, 0) is 66.9 Å². The van der Waals surface area contributed by atoms with E-state index >= 15 is 0 Å². The fraction of sp³-hybridized carbons (Fsp3) is 0.222. The van der Waals surface area contributed by atoms with Crippen molar-refractivity contribution in [3.63, 3.8) is 0 Å². The summed E-state index contributed by atoms with van der Waals surface area (Å²) in [6.07, 6.45) is -0.000737. The summed E-state index contributed by atoms with van der Waals surface area (Å²) < 4.78 is 96.8. The van der Waals surface area contributed by atoms with E-state index in [0.29, 0.717) is 40.7 Å². The standard InChI is InChI=1S/C27H19F5N4O3S2/c28-18-1-3-19(4-2-18)36-23-11-17-7-9-35(41(38,39)20-5-6-21(22(29)12-20)27(30,31)32)15-26(17,13-16(23)14-34-36)24(37)25-33-8-10-40-25/h1-6,8,10-12,14H,7,9,13,15H2/t26-/m0/s1. The molecule has 1 saturated heterocycles. The summed E-state index contributed by atoms with van der Waals surface area (Å²) in [6, 6.07) is 7.17. The largest absolute Gasteiger partial charge is 0.419 e. The number of Topliss-reactive ketones (excluding diaryl/α,β-unsaturated/α-hetero) is 1. The minimum atomic E-state index is -4.99. The van der Waals surface area contributed by atoms with Gasteiger partial charge in [-0.3, -0.25) is 4.79 Å². The van der Waals surface area contributed by atoms with E-state index in [2.05, 4.69) is 10.1 Å². The number of nitrogens with zero attached hydrogens (tertiary/aromatic N) is 4. The quantitative estimate of drug-likeness (QED) is 0.220. The van der Waals surface area contributed by atoms with Crippen LogP contribution in [0.5, 0.6) is 0 Å². The van der Waals surface area contributed by atoms with E-state index in [1.165, 1.54) is 18.3 Å². The first-order chi connectivity index (χ1) is 19.4. The Morgan fingerprint density at radius 2 is 1.83 bits per heavy atom. The molecule has 0 unspecified atom stereocenters. The van der Waals surface area contributed by atoms with E-state index in [1.54, 1.807) is 34.5 Å². The highest BCUT2D eigenvalue weighted by Crippen LogP contribution is 2.47. The molecular formula is C27H19F5N4O3S2. The summed E-state index contributed by atoms with van der Waals surface area (Å²) in [6.45, 7) is -0.423. The Hall–Kier alpha value is -3.75. The molecule has 0 amide bonds. The van der Waals surface area contributed by atoms with Gasteiger partial charge in [0.15, 0.2) is 5.01 Å². The van der Waals surface area contributed by atoms with Gasteiger partial charge >= 0.3 is 6.18 Å². The molecule has 7 nitrogen and oxygen atoms in total. The number of hydrogen-bond donors (Lipinski definition) is 0. The van der Waals surface area contributed by atoms with E-state index in [0.717, 1.165) is 15.6 Å². The van der Waals surface area contributed by atoms with Crippen LogP contribution in [0, 0.1) is 17.0 Å². The number of hydrogen-bond acceptors (Lipinski definition) is 6. The van der Waals surface area contributed by atoms with Crippen molar-refractivity contribution in [2.24, 2.45) is 5.41 Å². The summed E-state index contributed by atoms with van der Waals surface area (Å²) in [5.41, 5.74) is -0.421. The molecule has 2 aromatic carbocycles. The number of ketones is 1. The van der Waals surface area contributed by atoms with Gasteiger partial charge in [0.1, 0.15) is 11.6 Å². The van der Waals surface area contributed by atoms with Gasteiger partial charge in [0.25, 0.3) is 0 Å². The summed E-state index contributed by atoms with van der Waals surface area (Å²) in [5, 5.41) is 6.21. The van der Waals surface area contributed by atoms with Gasteiger partial charge in [0.2, 0.25) is 15.8 Å². The van der Waals surface area contributed by atoms with Crippen molar-refractivity contribution in [3.8, 4) is 5.69 Å². The lowest BCUT2D eigenvalue weighted by molar-refractivity contribution is -0.140. The Balaban J connectivity index is 1.41. The van der Waals surface area contributed by atoms with Crippen LogP contribution in [-0.2, 0) is 22.6 Å². The molecule has 0 N–H and O–H groups in total. The van der Waals surface area contributed by atoms with Crippen molar-refractivity contribution < 1.29 is 35.2 Å². The number of rotatable bonds is 5. The molecule has 1 aliphatic heterocycles. The molecule has 2 aliphatic rings. The van der Waals surface area contributed by atoms with Gasteiger partial charge in [0, 0.05) is 24.7 Å². The van der Waals surface area contributed by atoms with Gasteiger partial charge in [-0.25, -0.2) is 26.9 Å². The highest BCUT2D eigenvalue weighted by Gasteiger charge is 2.51. The number of carbonyl (C=O) groups excluding carboxylic acids is 1. The predicted octanol–water partition coefficient (Wildman–Crippen LogP) is 5.53. The van der Waals surface area contributed by atoms with Crippen LogP contribution >= 0.6 is 11.3 Å². The van der Waals surface area contributed by atoms with Gasteiger partial charge in [-0.2, -0.15) is 22.6 Å². The molecule has 1 atom stereocenters. The number of carbonyl (C=O) groups is 1. The van der Waals surface area contributed by atoms with E-state index < -0.39 is 49.5 Å². The van der Waals surface area contributed by atoms with Crippen LogP contribution in [0.15, 0.2) is 70.7 Å². The number of fused-ring (bicyclic) bond motifs is 2. The minimum Gasteiger partial charge on any atom is -0.290 e. The molecule has 0 spiro atoms. The average molecular weight is 607 g/mol. The molecule has 4 aromatic rings. The number of sulfonamides is 1. The fourth-order valence-corrected chi connectivity index (χ4v) is 7.57. The predicted molar refractivity (Wildman–Crippen MR) is 139 cm³/mol. The molecule has 41 heavy (non-hydrogen) atoms. The zero-order valence-corrected chi connectivity index (χ0v) is 22.5. The van der Waals surface area contributed by atoms with Gasteiger partial charge in [-0.1, -0.05) is 5.57 Å². The number of aromatic nitrogens is 3. The smallest absolute Gasteiger partial charge is 0.290 e. The van der Waals surface area contributed by atoms with E-state index in [1.807, 2.05) is 0 Å². The lowest BCUT2D eigenvalue weighted by Gasteiger charge is -2.44. The first-order valence-corrected chi connectivity index (χ1v) is 14.6. The summed E-state index contributed by atoms with van der Waals surface area (Å²) in [5.74, 6) is -2.53. The average Bonchev–Trinajstić information content (AvgIpc) is 3.61. The molecule has 0 bridgehead atoms.